The Hall–Kier alpha value is -1.83. The Balaban J connectivity index is 1.72. The number of hydrogen-bond acceptors (Lipinski definition) is 4. The lowest BCUT2D eigenvalue weighted by molar-refractivity contribution is -0.274. The van der Waals surface area contributed by atoms with Crippen LogP contribution >= 0.6 is 11.3 Å². The summed E-state index contributed by atoms with van der Waals surface area (Å²) in [7, 11) is 0. The van der Waals surface area contributed by atoms with Gasteiger partial charge in [-0.25, -0.2) is 4.98 Å². The molecule has 0 atom stereocenters. The van der Waals surface area contributed by atoms with Crippen LogP contribution in [0.4, 0.5) is 18.3 Å². The summed E-state index contributed by atoms with van der Waals surface area (Å²) >= 11 is 1.14. The Morgan fingerprint density at radius 3 is 2.58 bits per heavy atom. The highest BCUT2D eigenvalue weighted by Gasteiger charge is 2.31. The first-order chi connectivity index (χ1) is 11.4. The lowest BCUT2D eigenvalue weighted by atomic mass is 10.00. The fourth-order valence-electron chi connectivity index (χ4n) is 2.90. The van der Waals surface area contributed by atoms with E-state index in [9.17, 15) is 18.0 Å². The van der Waals surface area contributed by atoms with E-state index >= 15 is 0 Å². The van der Waals surface area contributed by atoms with E-state index in [-0.39, 0.29) is 17.6 Å². The van der Waals surface area contributed by atoms with Gasteiger partial charge in [-0.2, -0.15) is 0 Å². The molecule has 130 valence electrons. The van der Waals surface area contributed by atoms with Crippen molar-refractivity contribution in [1.29, 1.82) is 0 Å². The van der Waals surface area contributed by atoms with Crippen LogP contribution in [0.3, 0.4) is 0 Å². The molecule has 0 aliphatic heterocycles. The number of amides is 1. The van der Waals surface area contributed by atoms with Gasteiger partial charge >= 0.3 is 6.36 Å². The Kier molecular flexibility index (Phi) is 4.93. The summed E-state index contributed by atoms with van der Waals surface area (Å²) in [6.07, 6.45) is 1.45. The average molecular weight is 358 g/mol. The SMILES string of the molecule is O=C(Nc1nc2ccc(OC(F)(F)F)cc2s1)C1CCCCCC1. The third kappa shape index (κ3) is 4.37. The largest absolute Gasteiger partial charge is 0.573 e. The first kappa shape index (κ1) is 17.0. The number of rotatable bonds is 3. The lowest BCUT2D eigenvalue weighted by Crippen LogP contribution is -2.22. The van der Waals surface area contributed by atoms with Crippen molar-refractivity contribution in [2.75, 3.05) is 5.32 Å². The van der Waals surface area contributed by atoms with Gasteiger partial charge in [0.05, 0.1) is 10.2 Å². The number of carbonyl (C=O) groups excluding carboxylic acids is 1. The van der Waals surface area contributed by atoms with Gasteiger partial charge < -0.3 is 10.1 Å². The Bertz CT molecular complexity index is 722. The molecule has 24 heavy (non-hydrogen) atoms. The summed E-state index contributed by atoms with van der Waals surface area (Å²) < 4.78 is 41.2. The van der Waals surface area contributed by atoms with E-state index < -0.39 is 6.36 Å². The molecule has 1 fully saturated rings. The minimum Gasteiger partial charge on any atom is -0.406 e. The zero-order chi connectivity index (χ0) is 17.2. The number of nitrogens with one attached hydrogen (secondary N) is 1. The summed E-state index contributed by atoms with van der Waals surface area (Å²) in [5.41, 5.74) is 0.533. The summed E-state index contributed by atoms with van der Waals surface area (Å²) in [5.74, 6) is -0.355. The molecule has 1 aromatic heterocycles. The van der Waals surface area contributed by atoms with Gasteiger partial charge in [0.25, 0.3) is 0 Å². The Labute approximate surface area is 141 Å². The number of fused-ring (bicyclic) bond motifs is 1. The molecule has 4 nitrogen and oxygen atoms in total. The molecule has 2 aromatic rings. The maximum atomic E-state index is 12.3. The first-order valence-corrected chi connectivity index (χ1v) is 8.69. The third-order valence-corrected chi connectivity index (χ3v) is 4.98. The number of alkyl halides is 3. The van der Waals surface area contributed by atoms with Gasteiger partial charge in [-0.05, 0) is 25.0 Å². The minimum absolute atomic E-state index is 0.0105. The van der Waals surface area contributed by atoms with Crippen LogP contribution in [0.1, 0.15) is 38.5 Å². The van der Waals surface area contributed by atoms with Crippen molar-refractivity contribution in [2.45, 2.75) is 44.9 Å². The van der Waals surface area contributed by atoms with Gasteiger partial charge in [-0.15, -0.1) is 13.2 Å². The van der Waals surface area contributed by atoms with Crippen LogP contribution in [0.25, 0.3) is 10.2 Å². The number of nitrogens with zero attached hydrogens (tertiary/aromatic N) is 1. The molecule has 1 heterocycles. The highest BCUT2D eigenvalue weighted by molar-refractivity contribution is 7.22. The van der Waals surface area contributed by atoms with Crippen molar-refractivity contribution >= 4 is 32.6 Å². The predicted octanol–water partition coefficient (Wildman–Crippen LogP) is 5.10. The van der Waals surface area contributed by atoms with Crippen molar-refractivity contribution < 1.29 is 22.7 Å². The van der Waals surface area contributed by atoms with E-state index in [1.165, 1.54) is 18.2 Å². The Morgan fingerprint density at radius 1 is 1.21 bits per heavy atom. The van der Waals surface area contributed by atoms with E-state index in [1.807, 2.05) is 0 Å². The zero-order valence-corrected chi connectivity index (χ0v) is 13.7. The number of benzene rings is 1. The van der Waals surface area contributed by atoms with Crippen LogP contribution in [0.2, 0.25) is 0 Å². The first-order valence-electron chi connectivity index (χ1n) is 7.88. The quantitative estimate of drug-likeness (QED) is 0.776. The molecule has 0 unspecified atom stereocenters. The van der Waals surface area contributed by atoms with Crippen LogP contribution in [0.15, 0.2) is 18.2 Å². The van der Waals surface area contributed by atoms with Gasteiger partial charge in [0.15, 0.2) is 5.13 Å². The number of carbonyl (C=O) groups is 1. The van der Waals surface area contributed by atoms with Crippen LogP contribution < -0.4 is 10.1 Å². The topological polar surface area (TPSA) is 51.2 Å². The van der Waals surface area contributed by atoms with E-state index in [1.54, 1.807) is 0 Å². The summed E-state index contributed by atoms with van der Waals surface area (Å²) in [4.78, 5) is 16.6. The highest BCUT2D eigenvalue weighted by atomic mass is 32.1. The highest BCUT2D eigenvalue weighted by Crippen LogP contribution is 2.32. The second kappa shape index (κ2) is 6.96. The van der Waals surface area contributed by atoms with Crippen molar-refractivity contribution in [2.24, 2.45) is 5.92 Å². The molecular weight excluding hydrogens is 341 g/mol. The van der Waals surface area contributed by atoms with Crippen LogP contribution in [-0.4, -0.2) is 17.3 Å². The van der Waals surface area contributed by atoms with E-state index in [4.69, 9.17) is 0 Å². The van der Waals surface area contributed by atoms with Gasteiger partial charge in [-0.1, -0.05) is 37.0 Å². The number of aromatic nitrogens is 1. The van der Waals surface area contributed by atoms with Crippen LogP contribution in [0.5, 0.6) is 5.75 Å². The molecule has 3 rings (SSSR count). The second-order valence-electron chi connectivity index (χ2n) is 5.87. The monoisotopic (exact) mass is 358 g/mol. The van der Waals surface area contributed by atoms with E-state index in [0.29, 0.717) is 15.3 Å². The predicted molar refractivity (Wildman–Crippen MR) is 86.1 cm³/mol. The zero-order valence-electron chi connectivity index (χ0n) is 12.9. The number of halogens is 3. The number of hydrogen-bond donors (Lipinski definition) is 1. The Morgan fingerprint density at radius 2 is 1.92 bits per heavy atom. The maximum absolute atomic E-state index is 12.3. The van der Waals surface area contributed by atoms with Crippen molar-refractivity contribution in [3.63, 3.8) is 0 Å². The molecule has 0 spiro atoms. The van der Waals surface area contributed by atoms with Crippen LogP contribution in [0, 0.1) is 5.92 Å². The molecule has 1 saturated carbocycles. The number of ether oxygens (including phenoxy) is 1. The summed E-state index contributed by atoms with van der Waals surface area (Å²) in [6.45, 7) is 0. The van der Waals surface area contributed by atoms with Crippen molar-refractivity contribution in [3.05, 3.63) is 18.2 Å². The van der Waals surface area contributed by atoms with Gasteiger partial charge in [0.2, 0.25) is 5.91 Å². The normalized spacial score (nSPS) is 16.8. The van der Waals surface area contributed by atoms with Gasteiger partial charge in [-0.3, -0.25) is 4.79 Å². The maximum Gasteiger partial charge on any atom is 0.573 e. The molecule has 0 bridgehead atoms. The minimum atomic E-state index is -4.73. The fraction of sp³-hybridized carbons (Fsp3) is 0.500. The average Bonchev–Trinajstić information content (AvgIpc) is 2.70. The molecule has 1 aromatic carbocycles. The van der Waals surface area contributed by atoms with Crippen molar-refractivity contribution in [3.8, 4) is 5.75 Å². The lowest BCUT2D eigenvalue weighted by Gasteiger charge is -2.12. The fourth-order valence-corrected chi connectivity index (χ4v) is 3.80. The summed E-state index contributed by atoms with van der Waals surface area (Å²) in [5, 5.41) is 3.21. The molecule has 1 aliphatic carbocycles. The van der Waals surface area contributed by atoms with Gasteiger partial charge in [0, 0.05) is 12.0 Å². The molecule has 1 amide bonds. The van der Waals surface area contributed by atoms with E-state index in [0.717, 1.165) is 49.9 Å². The molecular formula is C16H17F3N2O2S. The van der Waals surface area contributed by atoms with Gasteiger partial charge in [0.1, 0.15) is 5.75 Å². The third-order valence-electron chi connectivity index (χ3n) is 4.05. The standard InChI is InChI=1S/C16H17F3N2O2S/c17-16(18,19)23-11-7-8-12-13(9-11)24-15(20-12)21-14(22)10-5-3-1-2-4-6-10/h7-10H,1-6H2,(H,20,21,22). The van der Waals surface area contributed by atoms with E-state index in [2.05, 4.69) is 15.0 Å². The molecule has 1 N–H and O–H groups in total. The molecule has 8 heteroatoms. The van der Waals surface area contributed by atoms with Crippen molar-refractivity contribution in [1.82, 2.24) is 4.98 Å². The number of anilines is 1. The molecule has 0 saturated heterocycles. The number of thiazole rings is 1. The molecule has 0 radical (unpaired) electrons. The second-order valence-corrected chi connectivity index (χ2v) is 6.90. The smallest absolute Gasteiger partial charge is 0.406 e. The molecule has 1 aliphatic rings. The van der Waals surface area contributed by atoms with Crippen LogP contribution in [-0.2, 0) is 4.79 Å². The summed E-state index contributed by atoms with van der Waals surface area (Å²) in [6, 6.07) is 3.95.